The maximum absolute atomic E-state index is 12.7. The molecule has 1 aliphatic rings. The minimum Gasteiger partial charge on any atom is -0.394 e. The summed E-state index contributed by atoms with van der Waals surface area (Å²) in [5, 5.41) is 14.0. The van der Waals surface area contributed by atoms with Crippen molar-refractivity contribution in [3.63, 3.8) is 0 Å². The lowest BCUT2D eigenvalue weighted by atomic mass is 10.0. The SMILES string of the molecule is CCn1nc(C(C)C)cc1C(=O)N1CCCCC1CO. The van der Waals surface area contributed by atoms with Crippen molar-refractivity contribution in [1.82, 2.24) is 14.7 Å². The molecule has 1 unspecified atom stereocenters. The molecule has 0 bridgehead atoms. The number of hydrogen-bond acceptors (Lipinski definition) is 3. The van der Waals surface area contributed by atoms with Crippen LogP contribution in [0.15, 0.2) is 6.07 Å². The fourth-order valence-corrected chi connectivity index (χ4v) is 2.74. The van der Waals surface area contributed by atoms with Crippen LogP contribution < -0.4 is 0 Å². The van der Waals surface area contributed by atoms with Gasteiger partial charge in [0.15, 0.2) is 0 Å². The lowest BCUT2D eigenvalue weighted by molar-refractivity contribution is 0.0491. The second kappa shape index (κ2) is 6.39. The molecule has 1 aliphatic heterocycles. The average Bonchev–Trinajstić information content (AvgIpc) is 2.90. The number of aliphatic hydroxyl groups is 1. The Morgan fingerprint density at radius 2 is 2.25 bits per heavy atom. The van der Waals surface area contributed by atoms with Gasteiger partial charge < -0.3 is 10.0 Å². The Bertz CT molecular complexity index is 468. The second-order valence-electron chi connectivity index (χ2n) is 5.76. The van der Waals surface area contributed by atoms with Gasteiger partial charge in [0.25, 0.3) is 5.91 Å². The van der Waals surface area contributed by atoms with Crippen LogP contribution >= 0.6 is 0 Å². The van der Waals surface area contributed by atoms with Crippen LogP contribution in [0.4, 0.5) is 0 Å². The minimum atomic E-state index is -0.0426. The van der Waals surface area contributed by atoms with Gasteiger partial charge in [0.2, 0.25) is 0 Å². The van der Waals surface area contributed by atoms with E-state index in [1.807, 2.05) is 17.9 Å². The number of aryl methyl sites for hydroxylation is 1. The molecule has 1 aromatic rings. The molecule has 5 nitrogen and oxygen atoms in total. The predicted octanol–water partition coefficient (Wildman–Crippen LogP) is 2.01. The van der Waals surface area contributed by atoms with E-state index in [1.54, 1.807) is 4.68 Å². The molecular weight excluding hydrogens is 254 g/mol. The van der Waals surface area contributed by atoms with E-state index in [0.717, 1.165) is 31.5 Å². The highest BCUT2D eigenvalue weighted by atomic mass is 16.3. The molecule has 112 valence electrons. The normalized spacial score (nSPS) is 19.6. The number of carbonyl (C=O) groups is 1. The molecule has 2 heterocycles. The predicted molar refractivity (Wildman–Crippen MR) is 77.8 cm³/mol. The van der Waals surface area contributed by atoms with Crippen LogP contribution in [0.2, 0.25) is 0 Å². The molecular formula is C15H25N3O2. The van der Waals surface area contributed by atoms with Crippen molar-refractivity contribution in [2.45, 2.75) is 58.5 Å². The minimum absolute atomic E-state index is 0.00463. The van der Waals surface area contributed by atoms with Gasteiger partial charge in [-0.25, -0.2) is 0 Å². The summed E-state index contributed by atoms with van der Waals surface area (Å²) >= 11 is 0. The Labute approximate surface area is 120 Å². The first-order chi connectivity index (χ1) is 9.58. The van der Waals surface area contributed by atoms with Crippen molar-refractivity contribution < 1.29 is 9.90 Å². The number of likely N-dealkylation sites (tertiary alicyclic amines) is 1. The van der Waals surface area contributed by atoms with Crippen molar-refractivity contribution in [1.29, 1.82) is 0 Å². The number of rotatable bonds is 4. The number of carbonyl (C=O) groups excluding carboxylic acids is 1. The van der Waals surface area contributed by atoms with Crippen molar-refractivity contribution in [2.75, 3.05) is 13.2 Å². The van der Waals surface area contributed by atoms with Crippen molar-refractivity contribution in [2.24, 2.45) is 0 Å². The number of nitrogens with zero attached hydrogens (tertiary/aromatic N) is 3. The third-order valence-electron chi connectivity index (χ3n) is 4.01. The monoisotopic (exact) mass is 279 g/mol. The fourth-order valence-electron chi connectivity index (χ4n) is 2.74. The zero-order valence-corrected chi connectivity index (χ0v) is 12.7. The summed E-state index contributed by atoms with van der Waals surface area (Å²) in [6.07, 6.45) is 2.98. The highest BCUT2D eigenvalue weighted by Gasteiger charge is 2.29. The molecule has 20 heavy (non-hydrogen) atoms. The molecule has 0 aromatic carbocycles. The van der Waals surface area contributed by atoms with E-state index < -0.39 is 0 Å². The third kappa shape index (κ3) is 2.87. The van der Waals surface area contributed by atoms with E-state index in [1.165, 1.54) is 0 Å². The van der Waals surface area contributed by atoms with Crippen molar-refractivity contribution in [3.8, 4) is 0 Å². The second-order valence-corrected chi connectivity index (χ2v) is 5.76. The zero-order valence-electron chi connectivity index (χ0n) is 12.7. The van der Waals surface area contributed by atoms with Gasteiger partial charge in [-0.2, -0.15) is 5.10 Å². The molecule has 1 fully saturated rings. The quantitative estimate of drug-likeness (QED) is 0.917. The van der Waals surface area contributed by atoms with Crippen LogP contribution in [-0.4, -0.2) is 44.9 Å². The smallest absolute Gasteiger partial charge is 0.272 e. The summed E-state index contributed by atoms with van der Waals surface area (Å²) in [5.74, 6) is 0.314. The Morgan fingerprint density at radius 3 is 2.85 bits per heavy atom. The van der Waals surface area contributed by atoms with Crippen LogP contribution in [0.25, 0.3) is 0 Å². The van der Waals surface area contributed by atoms with Gasteiger partial charge in [0, 0.05) is 13.1 Å². The number of aromatic nitrogens is 2. The third-order valence-corrected chi connectivity index (χ3v) is 4.01. The fraction of sp³-hybridized carbons (Fsp3) is 0.733. The summed E-state index contributed by atoms with van der Waals surface area (Å²) < 4.78 is 1.78. The van der Waals surface area contributed by atoms with Crippen LogP contribution in [0.5, 0.6) is 0 Å². The topological polar surface area (TPSA) is 58.4 Å². The van der Waals surface area contributed by atoms with Crippen LogP contribution in [0, 0.1) is 0 Å². The lowest BCUT2D eigenvalue weighted by Crippen LogP contribution is -2.46. The summed E-state index contributed by atoms with van der Waals surface area (Å²) in [4.78, 5) is 14.6. The Balaban J connectivity index is 2.27. The molecule has 1 amide bonds. The van der Waals surface area contributed by atoms with Gasteiger partial charge in [0.05, 0.1) is 18.3 Å². The lowest BCUT2D eigenvalue weighted by Gasteiger charge is -2.34. The molecule has 1 N–H and O–H groups in total. The maximum atomic E-state index is 12.7. The van der Waals surface area contributed by atoms with Crippen molar-refractivity contribution >= 4 is 5.91 Å². The van der Waals surface area contributed by atoms with E-state index >= 15 is 0 Å². The van der Waals surface area contributed by atoms with Crippen LogP contribution in [0.3, 0.4) is 0 Å². The van der Waals surface area contributed by atoms with E-state index in [4.69, 9.17) is 0 Å². The van der Waals surface area contributed by atoms with Gasteiger partial charge in [-0.3, -0.25) is 9.48 Å². The van der Waals surface area contributed by atoms with Gasteiger partial charge >= 0.3 is 0 Å². The molecule has 1 saturated heterocycles. The van der Waals surface area contributed by atoms with Gasteiger partial charge in [-0.15, -0.1) is 0 Å². The maximum Gasteiger partial charge on any atom is 0.272 e. The molecule has 0 saturated carbocycles. The molecule has 5 heteroatoms. The standard InChI is InChI=1S/C15H25N3O2/c1-4-18-14(9-13(16-18)11(2)3)15(20)17-8-6-5-7-12(17)10-19/h9,11-12,19H,4-8,10H2,1-3H3. The molecule has 0 spiro atoms. The highest BCUT2D eigenvalue weighted by molar-refractivity contribution is 5.93. The van der Waals surface area contributed by atoms with E-state index in [-0.39, 0.29) is 18.6 Å². The summed E-state index contributed by atoms with van der Waals surface area (Å²) in [6, 6.07) is 1.86. The van der Waals surface area contributed by atoms with Gasteiger partial charge in [0.1, 0.15) is 5.69 Å². The van der Waals surface area contributed by atoms with E-state index in [0.29, 0.717) is 18.2 Å². The van der Waals surface area contributed by atoms with Gasteiger partial charge in [-0.05, 0) is 38.2 Å². The molecule has 0 aliphatic carbocycles. The Hall–Kier alpha value is -1.36. The Kier molecular flexibility index (Phi) is 4.81. The summed E-state index contributed by atoms with van der Waals surface area (Å²) in [5.41, 5.74) is 1.60. The average molecular weight is 279 g/mol. The first-order valence-corrected chi connectivity index (χ1v) is 7.58. The number of amides is 1. The van der Waals surface area contributed by atoms with E-state index in [9.17, 15) is 9.90 Å². The van der Waals surface area contributed by atoms with Crippen LogP contribution in [0.1, 0.15) is 62.1 Å². The Morgan fingerprint density at radius 1 is 1.50 bits per heavy atom. The molecule has 2 rings (SSSR count). The van der Waals surface area contributed by atoms with Crippen LogP contribution in [-0.2, 0) is 6.54 Å². The van der Waals surface area contributed by atoms with E-state index in [2.05, 4.69) is 18.9 Å². The van der Waals surface area contributed by atoms with Gasteiger partial charge in [-0.1, -0.05) is 13.8 Å². The zero-order chi connectivity index (χ0) is 14.7. The number of piperidine rings is 1. The van der Waals surface area contributed by atoms with Crippen molar-refractivity contribution in [3.05, 3.63) is 17.5 Å². The largest absolute Gasteiger partial charge is 0.394 e. The first-order valence-electron chi connectivity index (χ1n) is 7.58. The number of hydrogen-bond donors (Lipinski definition) is 1. The first kappa shape index (κ1) is 15.0. The highest BCUT2D eigenvalue weighted by Crippen LogP contribution is 2.21. The molecule has 0 radical (unpaired) electrons. The molecule has 1 atom stereocenters. The number of aliphatic hydroxyl groups excluding tert-OH is 1. The summed E-state index contributed by atoms with van der Waals surface area (Å²) in [7, 11) is 0. The summed E-state index contributed by atoms with van der Waals surface area (Å²) in [6.45, 7) is 7.61. The molecule has 1 aromatic heterocycles.